The largest absolute Gasteiger partial charge is 0.378 e. The van der Waals surface area contributed by atoms with Crippen molar-refractivity contribution in [2.45, 2.75) is 13.5 Å². The van der Waals surface area contributed by atoms with E-state index in [0.29, 0.717) is 23.8 Å². The van der Waals surface area contributed by atoms with Gasteiger partial charge in [0.15, 0.2) is 11.5 Å². The van der Waals surface area contributed by atoms with Crippen LogP contribution in [0.1, 0.15) is 11.5 Å². The molecule has 148 valence electrons. The maximum absolute atomic E-state index is 14.7. The van der Waals surface area contributed by atoms with E-state index in [9.17, 15) is 4.39 Å². The van der Waals surface area contributed by atoms with Gasteiger partial charge in [-0.15, -0.1) is 0 Å². The Labute approximate surface area is 171 Å². The Morgan fingerprint density at radius 2 is 1.87 bits per heavy atom. The number of imidazole rings is 1. The van der Waals surface area contributed by atoms with Crippen LogP contribution in [0.25, 0.3) is 28.3 Å². The van der Waals surface area contributed by atoms with E-state index < -0.39 is 5.82 Å². The molecule has 0 radical (unpaired) electrons. The van der Waals surface area contributed by atoms with Gasteiger partial charge in [0.05, 0.1) is 17.9 Å². The van der Waals surface area contributed by atoms with Gasteiger partial charge in [0.1, 0.15) is 17.8 Å². The Morgan fingerprint density at radius 1 is 1.00 bits per heavy atom. The molecule has 0 atom stereocenters. The molecule has 0 saturated carbocycles. The van der Waals surface area contributed by atoms with Crippen molar-refractivity contribution in [2.75, 3.05) is 5.32 Å². The van der Waals surface area contributed by atoms with Crippen molar-refractivity contribution in [3.8, 4) is 22.6 Å². The molecule has 0 aliphatic carbocycles. The molecular weight excluding hydrogens is 381 g/mol. The average molecular weight is 399 g/mol. The Balaban J connectivity index is 1.59. The zero-order valence-electron chi connectivity index (χ0n) is 16.2. The average Bonchev–Trinajstić information content (AvgIpc) is 3.41. The second kappa shape index (κ2) is 7.40. The van der Waals surface area contributed by atoms with Crippen LogP contribution in [0.15, 0.2) is 67.1 Å². The highest BCUT2D eigenvalue weighted by Crippen LogP contribution is 2.31. The number of nitrogens with zero attached hydrogens (tertiary/aromatic N) is 5. The van der Waals surface area contributed by atoms with Crippen molar-refractivity contribution in [3.63, 3.8) is 0 Å². The number of para-hydroxylation sites is 1. The lowest BCUT2D eigenvalue weighted by atomic mass is 10.1. The summed E-state index contributed by atoms with van der Waals surface area (Å²) in [6.45, 7) is 2.29. The van der Waals surface area contributed by atoms with Crippen LogP contribution in [-0.2, 0) is 6.54 Å². The number of hydrogen-bond donors (Lipinski definition) is 2. The van der Waals surface area contributed by atoms with E-state index in [1.54, 1.807) is 10.6 Å². The molecule has 0 fully saturated rings. The monoisotopic (exact) mass is 399 g/mol. The van der Waals surface area contributed by atoms with Gasteiger partial charge < -0.3 is 10.3 Å². The summed E-state index contributed by atoms with van der Waals surface area (Å²) >= 11 is 0. The first-order valence-corrected chi connectivity index (χ1v) is 9.48. The van der Waals surface area contributed by atoms with Gasteiger partial charge in [0, 0.05) is 23.1 Å². The molecule has 30 heavy (non-hydrogen) atoms. The third-order valence-corrected chi connectivity index (χ3v) is 4.76. The molecule has 0 aliphatic heterocycles. The molecule has 5 rings (SSSR count). The molecule has 0 unspecified atom stereocenters. The van der Waals surface area contributed by atoms with Gasteiger partial charge in [-0.1, -0.05) is 18.2 Å². The molecule has 0 amide bonds. The number of benzene rings is 1. The molecule has 7 nitrogen and oxygen atoms in total. The van der Waals surface area contributed by atoms with Crippen LogP contribution in [0.4, 0.5) is 10.1 Å². The number of aromatic amines is 1. The summed E-state index contributed by atoms with van der Waals surface area (Å²) in [6.07, 6.45) is 3.31. The number of hydrogen-bond acceptors (Lipinski definition) is 5. The van der Waals surface area contributed by atoms with Gasteiger partial charge in [0.2, 0.25) is 0 Å². The normalized spacial score (nSPS) is 11.1. The molecule has 5 aromatic rings. The summed E-state index contributed by atoms with van der Waals surface area (Å²) < 4.78 is 16.3. The number of fused-ring (bicyclic) bond motifs is 1. The summed E-state index contributed by atoms with van der Waals surface area (Å²) in [7, 11) is 0. The van der Waals surface area contributed by atoms with Crippen LogP contribution in [0.5, 0.6) is 0 Å². The van der Waals surface area contributed by atoms with Gasteiger partial charge in [-0.05, 0) is 43.3 Å². The lowest BCUT2D eigenvalue weighted by Crippen LogP contribution is -2.01. The highest BCUT2D eigenvalue weighted by Gasteiger charge is 2.19. The smallest absolute Gasteiger partial charge is 0.155 e. The van der Waals surface area contributed by atoms with Gasteiger partial charge in [-0.2, -0.15) is 5.10 Å². The zero-order chi connectivity index (χ0) is 20.5. The first-order valence-electron chi connectivity index (χ1n) is 9.48. The predicted molar refractivity (Wildman–Crippen MR) is 112 cm³/mol. The summed E-state index contributed by atoms with van der Waals surface area (Å²) in [5.41, 5.74) is 4.58. The lowest BCUT2D eigenvalue weighted by molar-refractivity contribution is 0.624. The second-order valence-corrected chi connectivity index (χ2v) is 6.89. The number of rotatable bonds is 5. The number of anilines is 1. The van der Waals surface area contributed by atoms with Gasteiger partial charge in [-0.3, -0.25) is 0 Å². The van der Waals surface area contributed by atoms with E-state index in [-0.39, 0.29) is 5.69 Å². The van der Waals surface area contributed by atoms with Gasteiger partial charge in [0.25, 0.3) is 0 Å². The van der Waals surface area contributed by atoms with E-state index in [4.69, 9.17) is 4.98 Å². The molecule has 4 heterocycles. The summed E-state index contributed by atoms with van der Waals surface area (Å²) in [6, 6.07) is 16.6. The van der Waals surface area contributed by atoms with Crippen molar-refractivity contribution in [3.05, 3.63) is 84.5 Å². The standard InChI is InChI=1S/C22H18FN7/c1-14-7-9-17(23)21(27-14)22-20(15-8-10-19-25-13-26-30(19)12-15)28-18(29-22)11-24-16-5-3-2-4-6-16/h2-10,12-13,24H,11H2,1H3,(H,28,29). The van der Waals surface area contributed by atoms with Crippen molar-refractivity contribution in [2.24, 2.45) is 0 Å². The van der Waals surface area contributed by atoms with Crippen LogP contribution in [0.2, 0.25) is 0 Å². The van der Waals surface area contributed by atoms with E-state index in [0.717, 1.165) is 22.6 Å². The third kappa shape index (κ3) is 3.39. The van der Waals surface area contributed by atoms with E-state index in [2.05, 4.69) is 25.4 Å². The Morgan fingerprint density at radius 3 is 2.73 bits per heavy atom. The summed E-state index contributed by atoms with van der Waals surface area (Å²) in [5.74, 6) is 0.264. The van der Waals surface area contributed by atoms with Crippen molar-refractivity contribution in [1.82, 2.24) is 29.5 Å². The van der Waals surface area contributed by atoms with E-state index >= 15 is 0 Å². The lowest BCUT2D eigenvalue weighted by Gasteiger charge is -2.05. The summed E-state index contributed by atoms with van der Waals surface area (Å²) in [5, 5.41) is 7.51. The highest BCUT2D eigenvalue weighted by atomic mass is 19.1. The maximum Gasteiger partial charge on any atom is 0.155 e. The van der Waals surface area contributed by atoms with Crippen LogP contribution in [0.3, 0.4) is 0 Å². The van der Waals surface area contributed by atoms with Gasteiger partial charge in [-0.25, -0.2) is 23.9 Å². The molecule has 8 heteroatoms. The SMILES string of the molecule is Cc1ccc(F)c(-c2[nH]c(CNc3ccccc3)nc2-c2ccc3ncnn3c2)n1. The van der Waals surface area contributed by atoms with Crippen LogP contribution in [0, 0.1) is 12.7 Å². The molecule has 2 N–H and O–H groups in total. The van der Waals surface area contributed by atoms with Crippen LogP contribution in [-0.4, -0.2) is 29.5 Å². The Hall–Kier alpha value is -4.07. The molecule has 0 saturated heterocycles. The first kappa shape index (κ1) is 18.0. The molecule has 0 spiro atoms. The molecule has 0 aliphatic rings. The van der Waals surface area contributed by atoms with Crippen molar-refractivity contribution >= 4 is 11.3 Å². The topological polar surface area (TPSA) is 83.8 Å². The highest BCUT2D eigenvalue weighted by molar-refractivity contribution is 5.77. The van der Waals surface area contributed by atoms with Crippen LogP contribution < -0.4 is 5.32 Å². The molecule has 4 aromatic heterocycles. The third-order valence-electron chi connectivity index (χ3n) is 4.76. The number of aryl methyl sites for hydroxylation is 1. The van der Waals surface area contributed by atoms with E-state index in [1.807, 2.05) is 55.6 Å². The maximum atomic E-state index is 14.7. The predicted octanol–water partition coefficient (Wildman–Crippen LogP) is 4.24. The fourth-order valence-corrected chi connectivity index (χ4v) is 3.30. The van der Waals surface area contributed by atoms with Crippen LogP contribution >= 0.6 is 0 Å². The number of halogens is 1. The minimum atomic E-state index is -0.407. The zero-order valence-corrected chi connectivity index (χ0v) is 16.2. The van der Waals surface area contributed by atoms with Gasteiger partial charge >= 0.3 is 0 Å². The summed E-state index contributed by atoms with van der Waals surface area (Å²) in [4.78, 5) is 16.6. The quantitative estimate of drug-likeness (QED) is 0.462. The first-order chi connectivity index (χ1) is 14.7. The molecule has 0 bridgehead atoms. The van der Waals surface area contributed by atoms with Crippen molar-refractivity contribution < 1.29 is 4.39 Å². The fraction of sp³-hybridized carbons (Fsp3) is 0.0909. The minimum absolute atomic E-state index is 0.238. The minimum Gasteiger partial charge on any atom is -0.378 e. The fourth-order valence-electron chi connectivity index (χ4n) is 3.30. The van der Waals surface area contributed by atoms with E-state index in [1.165, 1.54) is 12.4 Å². The Bertz CT molecular complexity index is 1320. The Kier molecular flexibility index (Phi) is 4.44. The number of nitrogens with one attached hydrogen (secondary N) is 2. The van der Waals surface area contributed by atoms with Crippen molar-refractivity contribution in [1.29, 1.82) is 0 Å². The molecule has 1 aromatic carbocycles. The number of pyridine rings is 2. The number of H-pyrrole nitrogens is 1. The second-order valence-electron chi connectivity index (χ2n) is 6.89. The molecular formula is C22H18FN7. The number of aromatic nitrogens is 6.